The lowest BCUT2D eigenvalue weighted by Crippen LogP contribution is -2.48. The van der Waals surface area contributed by atoms with Gasteiger partial charge in [0.25, 0.3) is 0 Å². The molecular weight excluding hydrogens is 388 g/mol. The van der Waals surface area contributed by atoms with Gasteiger partial charge in [-0.05, 0) is 54.0 Å². The summed E-state index contributed by atoms with van der Waals surface area (Å²) in [5, 5.41) is 0.255. The highest BCUT2D eigenvalue weighted by molar-refractivity contribution is 9.09. The lowest BCUT2D eigenvalue weighted by molar-refractivity contribution is 0.159. The topological polar surface area (TPSA) is 12.5 Å². The Labute approximate surface area is 147 Å². The van der Waals surface area contributed by atoms with Crippen LogP contribution in [0.15, 0.2) is 36.4 Å². The molecule has 1 unspecified atom stereocenters. The molecular formula is C17H15BrClF2NO. The van der Waals surface area contributed by atoms with Crippen molar-refractivity contribution in [2.45, 2.75) is 24.4 Å². The van der Waals surface area contributed by atoms with Crippen LogP contribution < -0.4 is 9.64 Å². The molecule has 0 radical (unpaired) electrons. The smallest absolute Gasteiger partial charge is 0.210 e. The molecule has 0 saturated heterocycles. The summed E-state index contributed by atoms with van der Waals surface area (Å²) in [7, 11) is 0. The standard InChI is InChI=1S/C17H15BrClF2NO/c1-10(2)22-9-17(18,16-12(19)4-3-5-13(16)21)23-15-8-11(20)6-7-14(15)22/h3-8,10H,9H2,1-2H3. The number of ether oxygens (including phenoxy) is 1. The van der Waals surface area contributed by atoms with Gasteiger partial charge in [-0.3, -0.25) is 0 Å². The van der Waals surface area contributed by atoms with E-state index in [1.807, 2.05) is 18.7 Å². The number of hydrogen-bond acceptors (Lipinski definition) is 2. The summed E-state index contributed by atoms with van der Waals surface area (Å²) in [5.41, 5.74) is 0.978. The zero-order valence-corrected chi connectivity index (χ0v) is 15.0. The van der Waals surface area contributed by atoms with Crippen LogP contribution >= 0.6 is 27.5 Å². The second kappa shape index (κ2) is 5.95. The molecule has 3 rings (SSSR count). The number of nitrogens with zero attached hydrogens (tertiary/aromatic N) is 1. The highest BCUT2D eigenvalue weighted by Crippen LogP contribution is 2.47. The van der Waals surface area contributed by atoms with Crippen molar-refractivity contribution in [3.63, 3.8) is 0 Å². The van der Waals surface area contributed by atoms with Gasteiger partial charge in [0, 0.05) is 12.1 Å². The molecule has 0 aromatic heterocycles. The molecule has 6 heteroatoms. The van der Waals surface area contributed by atoms with Crippen molar-refractivity contribution in [1.29, 1.82) is 0 Å². The van der Waals surface area contributed by atoms with E-state index >= 15 is 0 Å². The fourth-order valence-electron chi connectivity index (χ4n) is 2.76. The molecule has 1 aliphatic rings. The van der Waals surface area contributed by atoms with Crippen LogP contribution in [-0.2, 0) is 4.51 Å². The SMILES string of the molecule is CC(C)N1CC(Br)(c2c(F)cccc2Cl)Oc2cc(F)ccc21. The molecule has 1 atom stereocenters. The van der Waals surface area contributed by atoms with Crippen molar-refractivity contribution < 1.29 is 13.5 Å². The fourth-order valence-corrected chi connectivity index (χ4v) is 4.04. The molecule has 2 aromatic rings. The van der Waals surface area contributed by atoms with Gasteiger partial charge in [0.2, 0.25) is 4.51 Å². The van der Waals surface area contributed by atoms with Crippen molar-refractivity contribution in [3.05, 3.63) is 58.6 Å². The summed E-state index contributed by atoms with van der Waals surface area (Å²) < 4.78 is 32.7. The molecule has 2 nitrogen and oxygen atoms in total. The van der Waals surface area contributed by atoms with E-state index in [2.05, 4.69) is 15.9 Å². The summed E-state index contributed by atoms with van der Waals surface area (Å²) in [6.45, 7) is 4.35. The maximum Gasteiger partial charge on any atom is 0.210 e. The van der Waals surface area contributed by atoms with E-state index in [0.717, 1.165) is 5.69 Å². The van der Waals surface area contributed by atoms with Crippen LogP contribution in [0, 0.1) is 11.6 Å². The Morgan fingerprint density at radius 2 is 2.00 bits per heavy atom. The number of rotatable bonds is 2. The number of fused-ring (bicyclic) bond motifs is 1. The first kappa shape index (κ1) is 16.5. The third-order valence-electron chi connectivity index (χ3n) is 3.84. The molecule has 0 aliphatic carbocycles. The van der Waals surface area contributed by atoms with Crippen molar-refractivity contribution in [2.24, 2.45) is 0 Å². The first-order chi connectivity index (χ1) is 10.8. The number of hydrogen-bond donors (Lipinski definition) is 0. The summed E-state index contributed by atoms with van der Waals surface area (Å²) in [6.07, 6.45) is 0. The minimum absolute atomic E-state index is 0.116. The van der Waals surface area contributed by atoms with Crippen molar-refractivity contribution in [3.8, 4) is 5.75 Å². The second-order valence-corrected chi connectivity index (χ2v) is 7.45. The van der Waals surface area contributed by atoms with Crippen molar-refractivity contribution >= 4 is 33.2 Å². The van der Waals surface area contributed by atoms with Crippen molar-refractivity contribution in [2.75, 3.05) is 11.4 Å². The summed E-state index contributed by atoms with van der Waals surface area (Å²) in [5.74, 6) is -0.539. The predicted octanol–water partition coefficient (Wildman–Crippen LogP) is 5.47. The zero-order chi connectivity index (χ0) is 16.8. The van der Waals surface area contributed by atoms with E-state index in [4.69, 9.17) is 16.3 Å². The maximum absolute atomic E-state index is 14.4. The molecule has 0 N–H and O–H groups in total. The Balaban J connectivity index is 2.15. The number of halogens is 4. The Hall–Kier alpha value is -1.33. The first-order valence-corrected chi connectivity index (χ1v) is 8.37. The Morgan fingerprint density at radius 3 is 2.65 bits per heavy atom. The summed E-state index contributed by atoms with van der Waals surface area (Å²) in [4.78, 5) is 2.02. The number of anilines is 1. The third-order valence-corrected chi connectivity index (χ3v) is 4.96. The van der Waals surface area contributed by atoms with Crippen LogP contribution in [0.5, 0.6) is 5.75 Å². The van der Waals surface area contributed by atoms with Gasteiger partial charge < -0.3 is 9.64 Å². The Kier molecular flexibility index (Phi) is 4.27. The second-order valence-electron chi connectivity index (χ2n) is 5.76. The molecule has 122 valence electrons. The van der Waals surface area contributed by atoms with Gasteiger partial charge in [0.1, 0.15) is 17.4 Å². The highest BCUT2D eigenvalue weighted by Gasteiger charge is 2.43. The molecule has 2 aromatic carbocycles. The van der Waals surface area contributed by atoms with Crippen LogP contribution in [0.4, 0.5) is 14.5 Å². The van der Waals surface area contributed by atoms with Crippen LogP contribution in [0.3, 0.4) is 0 Å². The van der Waals surface area contributed by atoms with Crippen LogP contribution in [0.1, 0.15) is 19.4 Å². The Morgan fingerprint density at radius 1 is 1.26 bits per heavy atom. The average molecular weight is 403 g/mol. The van der Waals surface area contributed by atoms with E-state index in [-0.39, 0.29) is 16.6 Å². The minimum atomic E-state index is -1.19. The van der Waals surface area contributed by atoms with Crippen LogP contribution in [0.25, 0.3) is 0 Å². The van der Waals surface area contributed by atoms with Gasteiger partial charge in [-0.25, -0.2) is 8.78 Å². The fraction of sp³-hybridized carbons (Fsp3) is 0.294. The number of benzene rings is 2. The normalized spacial score (nSPS) is 20.4. The van der Waals surface area contributed by atoms with Gasteiger partial charge in [0.15, 0.2) is 0 Å². The van der Waals surface area contributed by atoms with E-state index < -0.39 is 16.1 Å². The van der Waals surface area contributed by atoms with E-state index in [1.165, 1.54) is 24.3 Å². The van der Waals surface area contributed by atoms with E-state index in [1.54, 1.807) is 12.1 Å². The largest absolute Gasteiger partial charge is 0.467 e. The van der Waals surface area contributed by atoms with Gasteiger partial charge in [-0.1, -0.05) is 17.7 Å². The predicted molar refractivity (Wildman–Crippen MR) is 91.5 cm³/mol. The first-order valence-electron chi connectivity index (χ1n) is 7.20. The molecule has 0 amide bonds. The molecule has 0 fully saturated rings. The quantitative estimate of drug-likeness (QED) is 0.617. The molecule has 0 saturated carbocycles. The van der Waals surface area contributed by atoms with E-state index in [0.29, 0.717) is 12.3 Å². The average Bonchev–Trinajstić information content (AvgIpc) is 2.45. The minimum Gasteiger partial charge on any atom is -0.467 e. The van der Waals surface area contributed by atoms with E-state index in [9.17, 15) is 8.78 Å². The maximum atomic E-state index is 14.4. The molecule has 23 heavy (non-hydrogen) atoms. The molecule has 0 bridgehead atoms. The lowest BCUT2D eigenvalue weighted by atomic mass is 10.0. The van der Waals surface area contributed by atoms with Crippen LogP contribution in [0.2, 0.25) is 5.02 Å². The molecule has 0 spiro atoms. The molecule has 1 aliphatic heterocycles. The third kappa shape index (κ3) is 2.92. The monoisotopic (exact) mass is 401 g/mol. The van der Waals surface area contributed by atoms with Gasteiger partial charge in [-0.15, -0.1) is 0 Å². The lowest BCUT2D eigenvalue weighted by Gasteiger charge is -2.43. The number of alkyl halides is 1. The Bertz CT molecular complexity index is 735. The summed E-state index contributed by atoms with van der Waals surface area (Å²) in [6, 6.07) is 8.94. The molecule has 1 heterocycles. The zero-order valence-electron chi connectivity index (χ0n) is 12.6. The highest BCUT2D eigenvalue weighted by atomic mass is 79.9. The van der Waals surface area contributed by atoms with Gasteiger partial charge in [-0.2, -0.15) is 0 Å². The van der Waals surface area contributed by atoms with Crippen LogP contribution in [-0.4, -0.2) is 12.6 Å². The summed E-state index contributed by atoms with van der Waals surface area (Å²) >= 11 is 9.69. The van der Waals surface area contributed by atoms with Crippen molar-refractivity contribution in [1.82, 2.24) is 0 Å². The van der Waals surface area contributed by atoms with Gasteiger partial charge >= 0.3 is 0 Å². The van der Waals surface area contributed by atoms with Gasteiger partial charge in [0.05, 0.1) is 22.8 Å².